The molecular weight excluding hydrogens is 367 g/mol. The van der Waals surface area contributed by atoms with Gasteiger partial charge >= 0.3 is 0 Å². The second-order valence-electron chi connectivity index (χ2n) is 7.54. The van der Waals surface area contributed by atoms with Gasteiger partial charge in [0, 0.05) is 31.6 Å². The summed E-state index contributed by atoms with van der Waals surface area (Å²) in [5, 5.41) is 9.60. The Labute approximate surface area is 165 Å². The van der Waals surface area contributed by atoms with Gasteiger partial charge in [-0.05, 0) is 49.2 Å². The second-order valence-corrected chi connectivity index (χ2v) is 7.54. The van der Waals surface area contributed by atoms with Gasteiger partial charge in [0.05, 0.1) is 5.56 Å². The molecule has 27 heavy (non-hydrogen) atoms. The molecule has 0 bridgehead atoms. The normalized spacial score (nSPS) is 24.6. The molecule has 2 aromatic rings. The molecule has 4 rings (SSSR count). The number of hydrogen-bond donors (Lipinski definition) is 1. The highest BCUT2D eigenvalue weighted by molar-refractivity contribution is 5.95. The average Bonchev–Trinajstić information content (AvgIpc) is 3.14. The van der Waals surface area contributed by atoms with Crippen molar-refractivity contribution in [2.75, 3.05) is 26.7 Å². The molecule has 2 saturated heterocycles. The number of aryl methyl sites for hydroxylation is 1. The number of amides is 1. The van der Waals surface area contributed by atoms with Crippen LogP contribution in [0.25, 0.3) is 0 Å². The van der Waals surface area contributed by atoms with Gasteiger partial charge in [0.25, 0.3) is 5.91 Å². The number of phenolic OH excluding ortho intramolecular Hbond substituents is 1. The first kappa shape index (κ1) is 19.6. The molecule has 1 N–H and O–H groups in total. The average molecular weight is 391 g/mol. The third-order valence-electron chi connectivity index (χ3n) is 5.87. The van der Waals surface area contributed by atoms with Crippen LogP contribution in [-0.4, -0.2) is 47.5 Å². The van der Waals surface area contributed by atoms with Crippen LogP contribution in [0, 0.1) is 24.6 Å². The van der Waals surface area contributed by atoms with E-state index >= 15 is 0 Å². The molecule has 3 atom stereocenters. The summed E-state index contributed by atoms with van der Waals surface area (Å²) in [6.07, 6.45) is 0. The summed E-state index contributed by atoms with van der Waals surface area (Å²) in [6.45, 7) is 4.29. The van der Waals surface area contributed by atoms with E-state index < -0.39 is 5.82 Å². The Morgan fingerprint density at radius 3 is 2.63 bits per heavy atom. The van der Waals surface area contributed by atoms with Crippen molar-refractivity contribution < 1.29 is 14.3 Å². The van der Waals surface area contributed by atoms with Crippen molar-refractivity contribution in [3.05, 3.63) is 65.0 Å². The number of hydrogen-bond acceptors (Lipinski definition) is 3. The Morgan fingerprint density at radius 2 is 1.89 bits per heavy atom. The fraction of sp³-hybridized carbons (Fsp3) is 0.381. The van der Waals surface area contributed by atoms with Gasteiger partial charge in [-0.25, -0.2) is 4.39 Å². The van der Waals surface area contributed by atoms with Gasteiger partial charge in [0.15, 0.2) is 0 Å². The zero-order valence-electron chi connectivity index (χ0n) is 15.4. The number of fused-ring (bicyclic) bond motifs is 1. The lowest BCUT2D eigenvalue weighted by Gasteiger charge is -2.28. The molecule has 2 aliphatic rings. The standard InChI is InChI=1S/C21H23FN2O2.ClH/c1-13-5-3-4-6-16(13)20-18-12-24(11-14(18)10-23(20)2)21(26)17-9-15(25)7-8-19(17)22;/h3-9,14,18,20,25H,10-12H2,1-2H3;1H/t14-,18+,20+;/m0./s1. The summed E-state index contributed by atoms with van der Waals surface area (Å²) in [5.74, 6) is -0.289. The summed E-state index contributed by atoms with van der Waals surface area (Å²) in [5.41, 5.74) is 2.51. The summed E-state index contributed by atoms with van der Waals surface area (Å²) in [7, 11) is 2.14. The molecule has 1 amide bonds. The van der Waals surface area contributed by atoms with Gasteiger partial charge in [-0.15, -0.1) is 12.4 Å². The van der Waals surface area contributed by atoms with Crippen molar-refractivity contribution in [3.63, 3.8) is 0 Å². The van der Waals surface area contributed by atoms with Crippen molar-refractivity contribution in [3.8, 4) is 5.75 Å². The van der Waals surface area contributed by atoms with E-state index in [0.717, 1.165) is 12.6 Å². The van der Waals surface area contributed by atoms with Gasteiger partial charge in [-0.3, -0.25) is 9.69 Å². The quantitative estimate of drug-likeness (QED) is 0.851. The first-order valence-corrected chi connectivity index (χ1v) is 8.99. The number of phenols is 1. The molecule has 0 radical (unpaired) electrons. The number of benzene rings is 2. The van der Waals surface area contributed by atoms with E-state index in [0.29, 0.717) is 24.9 Å². The maximum absolute atomic E-state index is 14.1. The topological polar surface area (TPSA) is 43.8 Å². The van der Waals surface area contributed by atoms with Crippen molar-refractivity contribution >= 4 is 18.3 Å². The molecule has 2 aliphatic heterocycles. The number of carbonyl (C=O) groups excluding carboxylic acids is 1. The highest BCUT2D eigenvalue weighted by atomic mass is 35.5. The minimum Gasteiger partial charge on any atom is -0.508 e. The second kappa shape index (κ2) is 7.49. The maximum atomic E-state index is 14.1. The van der Waals surface area contributed by atoms with E-state index in [9.17, 15) is 14.3 Å². The first-order valence-electron chi connectivity index (χ1n) is 8.99. The molecule has 0 spiro atoms. The zero-order chi connectivity index (χ0) is 18.4. The number of carbonyl (C=O) groups is 1. The molecule has 144 valence electrons. The first-order chi connectivity index (χ1) is 12.5. The third kappa shape index (κ3) is 3.42. The van der Waals surface area contributed by atoms with Crippen molar-refractivity contribution in [2.24, 2.45) is 11.8 Å². The number of halogens is 2. The lowest BCUT2D eigenvalue weighted by atomic mass is 9.88. The predicted octanol–water partition coefficient (Wildman–Crippen LogP) is 3.64. The lowest BCUT2D eigenvalue weighted by molar-refractivity contribution is 0.0762. The zero-order valence-corrected chi connectivity index (χ0v) is 16.2. The van der Waals surface area contributed by atoms with E-state index in [1.807, 2.05) is 6.07 Å². The monoisotopic (exact) mass is 390 g/mol. The van der Waals surface area contributed by atoms with Crippen LogP contribution in [-0.2, 0) is 0 Å². The van der Waals surface area contributed by atoms with Crippen molar-refractivity contribution in [1.82, 2.24) is 9.80 Å². The Hall–Kier alpha value is -2.11. The molecule has 6 heteroatoms. The fourth-order valence-corrected chi connectivity index (χ4v) is 4.66. The van der Waals surface area contributed by atoms with E-state index in [-0.39, 0.29) is 35.7 Å². The Kier molecular flexibility index (Phi) is 5.45. The third-order valence-corrected chi connectivity index (χ3v) is 5.87. The van der Waals surface area contributed by atoms with Crippen molar-refractivity contribution in [1.29, 1.82) is 0 Å². The molecule has 0 aliphatic carbocycles. The van der Waals surface area contributed by atoms with Crippen LogP contribution in [0.5, 0.6) is 5.75 Å². The Bertz CT molecular complexity index is 860. The summed E-state index contributed by atoms with van der Waals surface area (Å²) in [4.78, 5) is 16.9. The molecule has 2 heterocycles. The summed E-state index contributed by atoms with van der Waals surface area (Å²) in [6, 6.07) is 12.3. The Morgan fingerprint density at radius 1 is 1.15 bits per heavy atom. The summed E-state index contributed by atoms with van der Waals surface area (Å²) >= 11 is 0. The van der Waals surface area contributed by atoms with Crippen LogP contribution in [0.3, 0.4) is 0 Å². The highest BCUT2D eigenvalue weighted by Crippen LogP contribution is 2.45. The van der Waals surface area contributed by atoms with E-state index in [2.05, 4.69) is 37.1 Å². The van der Waals surface area contributed by atoms with Crippen molar-refractivity contribution in [2.45, 2.75) is 13.0 Å². The van der Waals surface area contributed by atoms with Gasteiger partial charge < -0.3 is 10.0 Å². The van der Waals surface area contributed by atoms with Crippen LogP contribution < -0.4 is 0 Å². The van der Waals surface area contributed by atoms with Crippen LogP contribution in [0.15, 0.2) is 42.5 Å². The molecule has 0 saturated carbocycles. The Balaban J connectivity index is 0.00000210. The van der Waals surface area contributed by atoms with Gasteiger partial charge in [-0.2, -0.15) is 0 Å². The number of likely N-dealkylation sites (tertiary alicyclic amines) is 2. The van der Waals surface area contributed by atoms with E-state index in [1.165, 1.54) is 23.3 Å². The van der Waals surface area contributed by atoms with Gasteiger partial charge in [-0.1, -0.05) is 24.3 Å². The van der Waals surface area contributed by atoms with E-state index in [4.69, 9.17) is 0 Å². The van der Waals surface area contributed by atoms with Gasteiger partial charge in [0.1, 0.15) is 11.6 Å². The van der Waals surface area contributed by atoms with Gasteiger partial charge in [0.2, 0.25) is 0 Å². The lowest BCUT2D eigenvalue weighted by Crippen LogP contribution is -2.34. The SMILES string of the molecule is Cc1ccccc1[C@@H]1[C@@H]2CN(C(=O)c3cc(O)ccc3F)C[C@@H]2CN1C.Cl. The van der Waals surface area contributed by atoms with Crippen LogP contribution in [0.4, 0.5) is 4.39 Å². The number of nitrogens with zero attached hydrogens (tertiary/aromatic N) is 2. The van der Waals surface area contributed by atoms with Crippen LogP contribution >= 0.6 is 12.4 Å². The number of rotatable bonds is 2. The fourth-order valence-electron chi connectivity index (χ4n) is 4.66. The number of aromatic hydroxyl groups is 1. The molecule has 4 nitrogen and oxygen atoms in total. The maximum Gasteiger partial charge on any atom is 0.256 e. The molecule has 2 fully saturated rings. The predicted molar refractivity (Wildman–Crippen MR) is 105 cm³/mol. The smallest absolute Gasteiger partial charge is 0.256 e. The minimum atomic E-state index is -0.586. The highest BCUT2D eigenvalue weighted by Gasteiger charge is 2.47. The molecule has 0 aromatic heterocycles. The van der Waals surface area contributed by atoms with E-state index in [1.54, 1.807) is 4.90 Å². The minimum absolute atomic E-state index is 0. The summed E-state index contributed by atoms with van der Waals surface area (Å²) < 4.78 is 14.1. The van der Waals surface area contributed by atoms with Crippen LogP contribution in [0.1, 0.15) is 27.5 Å². The molecular formula is C21H24ClFN2O2. The largest absolute Gasteiger partial charge is 0.508 e. The molecule has 2 aromatic carbocycles. The van der Waals surface area contributed by atoms with Crippen LogP contribution in [0.2, 0.25) is 0 Å². The molecule has 0 unspecified atom stereocenters.